The summed E-state index contributed by atoms with van der Waals surface area (Å²) in [4.78, 5) is 10.6. The first-order valence-corrected chi connectivity index (χ1v) is 8.71. The Morgan fingerprint density at radius 1 is 1.00 bits per heavy atom. The number of para-hydroxylation sites is 1. The Morgan fingerprint density at radius 2 is 1.55 bits per heavy atom. The molecule has 0 aliphatic rings. The second kappa shape index (κ2) is 6.15. The van der Waals surface area contributed by atoms with E-state index in [1.807, 2.05) is 26.8 Å². The highest BCUT2D eigenvalue weighted by molar-refractivity contribution is 7.53. The van der Waals surface area contributed by atoms with Gasteiger partial charge in [-0.2, -0.15) is 0 Å². The van der Waals surface area contributed by atoms with Crippen LogP contribution in [0.1, 0.15) is 32.0 Å². The molecule has 5 heteroatoms. The first-order valence-electron chi connectivity index (χ1n) is 7.06. The first kappa shape index (κ1) is 16.6. The summed E-state index contributed by atoms with van der Waals surface area (Å²) in [5.41, 5.74) is -0.538. The number of phenols is 1. The van der Waals surface area contributed by atoms with E-state index in [1.165, 1.54) is 12.1 Å². The van der Waals surface area contributed by atoms with Crippen molar-refractivity contribution in [2.75, 3.05) is 0 Å². The van der Waals surface area contributed by atoms with Crippen molar-refractivity contribution in [3.63, 3.8) is 0 Å². The fourth-order valence-electron chi connectivity index (χ4n) is 2.52. The predicted octanol–water partition coefficient (Wildman–Crippen LogP) is 4.74. The van der Waals surface area contributed by atoms with E-state index in [0.717, 1.165) is 0 Å². The number of aromatic hydroxyl groups is 1. The average molecular weight is 320 g/mol. The van der Waals surface area contributed by atoms with Crippen LogP contribution in [-0.4, -0.2) is 10.00 Å². The molecule has 0 saturated heterocycles. The Morgan fingerprint density at radius 3 is 2.05 bits per heavy atom. The van der Waals surface area contributed by atoms with Gasteiger partial charge in [0.2, 0.25) is 0 Å². The van der Waals surface area contributed by atoms with Gasteiger partial charge in [-0.15, -0.1) is 0 Å². The average Bonchev–Trinajstić information content (AvgIpc) is 2.40. The standard InChI is InChI=1S/C17H21O4P/c1-17(2,3)16(13-9-11-14(18)12-10-13)22(19,20)21-15-7-5-4-6-8-15/h4-12,16,18H,1-3H3,(H,19,20). The van der Waals surface area contributed by atoms with Crippen LogP contribution in [0.3, 0.4) is 0 Å². The van der Waals surface area contributed by atoms with E-state index < -0.39 is 18.7 Å². The number of hydrogen-bond donors (Lipinski definition) is 2. The third-order valence-corrected chi connectivity index (χ3v) is 5.53. The molecule has 0 heterocycles. The van der Waals surface area contributed by atoms with Gasteiger partial charge in [0.1, 0.15) is 17.2 Å². The highest BCUT2D eigenvalue weighted by Gasteiger charge is 2.43. The van der Waals surface area contributed by atoms with Crippen LogP contribution in [0.2, 0.25) is 0 Å². The molecule has 0 aromatic heterocycles. The minimum atomic E-state index is -3.96. The molecule has 2 aromatic carbocycles. The molecule has 4 nitrogen and oxygen atoms in total. The van der Waals surface area contributed by atoms with Crippen molar-refractivity contribution in [1.82, 2.24) is 0 Å². The first-order chi connectivity index (χ1) is 10.2. The van der Waals surface area contributed by atoms with E-state index in [4.69, 9.17) is 4.52 Å². The van der Waals surface area contributed by atoms with Crippen molar-refractivity contribution in [3.8, 4) is 11.5 Å². The topological polar surface area (TPSA) is 66.8 Å². The third kappa shape index (κ3) is 3.90. The largest absolute Gasteiger partial charge is 0.508 e. The molecule has 0 aliphatic carbocycles. The summed E-state index contributed by atoms with van der Waals surface area (Å²) in [5.74, 6) is 0.481. The van der Waals surface area contributed by atoms with Crippen LogP contribution in [0.15, 0.2) is 54.6 Å². The maximum Gasteiger partial charge on any atom is 0.384 e. The van der Waals surface area contributed by atoms with Gasteiger partial charge in [0, 0.05) is 0 Å². The van der Waals surface area contributed by atoms with Crippen molar-refractivity contribution < 1.29 is 19.1 Å². The molecule has 2 unspecified atom stereocenters. The zero-order chi connectivity index (χ0) is 16.4. The van der Waals surface area contributed by atoms with Crippen LogP contribution in [0.5, 0.6) is 11.5 Å². The van der Waals surface area contributed by atoms with Gasteiger partial charge >= 0.3 is 7.60 Å². The molecule has 2 N–H and O–H groups in total. The summed E-state index contributed by atoms with van der Waals surface area (Å²) in [6.45, 7) is 5.67. The van der Waals surface area contributed by atoms with Crippen molar-refractivity contribution in [2.24, 2.45) is 5.41 Å². The van der Waals surface area contributed by atoms with Gasteiger partial charge in [-0.05, 0) is 35.2 Å². The summed E-state index contributed by atoms with van der Waals surface area (Å²) < 4.78 is 18.3. The van der Waals surface area contributed by atoms with Crippen LogP contribution in [0.25, 0.3) is 0 Å². The Kier molecular flexibility index (Phi) is 4.64. The van der Waals surface area contributed by atoms with Gasteiger partial charge in [-0.25, -0.2) is 4.57 Å². The zero-order valence-corrected chi connectivity index (χ0v) is 13.8. The van der Waals surface area contributed by atoms with Crippen LogP contribution in [0.4, 0.5) is 0 Å². The molecule has 0 amide bonds. The molecule has 0 bridgehead atoms. The van der Waals surface area contributed by atoms with E-state index >= 15 is 0 Å². The maximum atomic E-state index is 12.9. The van der Waals surface area contributed by atoms with Crippen LogP contribution in [0, 0.1) is 5.41 Å². The molecule has 2 atom stereocenters. The van der Waals surface area contributed by atoms with Crippen LogP contribution < -0.4 is 4.52 Å². The molecule has 0 fully saturated rings. The zero-order valence-electron chi connectivity index (χ0n) is 12.9. The Balaban J connectivity index is 2.40. The fraction of sp³-hybridized carbons (Fsp3) is 0.294. The van der Waals surface area contributed by atoms with Crippen LogP contribution in [-0.2, 0) is 4.57 Å². The van der Waals surface area contributed by atoms with Gasteiger partial charge < -0.3 is 14.5 Å². The van der Waals surface area contributed by atoms with Crippen molar-refractivity contribution in [1.29, 1.82) is 0 Å². The number of benzene rings is 2. The normalized spacial score (nSPS) is 15.8. The van der Waals surface area contributed by atoms with E-state index in [1.54, 1.807) is 36.4 Å². The second-order valence-corrected chi connectivity index (χ2v) is 8.16. The van der Waals surface area contributed by atoms with Gasteiger partial charge in [0.15, 0.2) is 0 Å². The molecule has 118 valence electrons. The molecule has 0 aliphatic heterocycles. The molecule has 0 saturated carbocycles. The SMILES string of the molecule is CC(C)(C)C(c1ccc(O)cc1)P(=O)(O)Oc1ccccc1. The molecule has 2 aromatic rings. The molecular weight excluding hydrogens is 299 g/mol. The summed E-state index contributed by atoms with van der Waals surface area (Å²) in [7, 11) is -3.96. The molecular formula is C17H21O4P. The highest BCUT2D eigenvalue weighted by atomic mass is 31.2. The lowest BCUT2D eigenvalue weighted by Gasteiger charge is -2.33. The summed E-state index contributed by atoms with van der Waals surface area (Å²) in [6.07, 6.45) is 0. The minimum absolute atomic E-state index is 0.119. The van der Waals surface area contributed by atoms with E-state index in [2.05, 4.69) is 0 Å². The van der Waals surface area contributed by atoms with E-state index in [9.17, 15) is 14.6 Å². The van der Waals surface area contributed by atoms with Gasteiger partial charge in [-0.3, -0.25) is 0 Å². The molecule has 0 radical (unpaired) electrons. The van der Waals surface area contributed by atoms with Gasteiger partial charge in [0.25, 0.3) is 0 Å². The Hall–Kier alpha value is -1.77. The maximum absolute atomic E-state index is 12.9. The lowest BCUT2D eigenvalue weighted by molar-refractivity contribution is 0.303. The summed E-state index contributed by atoms with van der Waals surface area (Å²) in [5, 5.41) is 9.42. The summed E-state index contributed by atoms with van der Waals surface area (Å²) in [6, 6.07) is 15.0. The molecule has 22 heavy (non-hydrogen) atoms. The quantitative estimate of drug-likeness (QED) is 0.798. The van der Waals surface area contributed by atoms with E-state index in [-0.39, 0.29) is 5.75 Å². The van der Waals surface area contributed by atoms with Crippen molar-refractivity contribution in [3.05, 3.63) is 60.2 Å². The minimum Gasteiger partial charge on any atom is -0.508 e. The molecule has 0 spiro atoms. The second-order valence-electron chi connectivity index (χ2n) is 6.33. The van der Waals surface area contributed by atoms with Crippen LogP contribution >= 0.6 is 7.60 Å². The third-order valence-electron chi connectivity index (χ3n) is 3.33. The smallest absolute Gasteiger partial charge is 0.384 e. The number of phenolic OH excluding ortho intramolecular Hbond substituents is 1. The number of rotatable bonds is 4. The lowest BCUT2D eigenvalue weighted by Crippen LogP contribution is -2.20. The Labute approximate surface area is 130 Å². The molecule has 2 rings (SSSR count). The van der Waals surface area contributed by atoms with E-state index in [0.29, 0.717) is 11.3 Å². The van der Waals surface area contributed by atoms with Crippen molar-refractivity contribution in [2.45, 2.75) is 26.4 Å². The monoisotopic (exact) mass is 320 g/mol. The fourth-order valence-corrected chi connectivity index (χ4v) is 4.58. The highest BCUT2D eigenvalue weighted by Crippen LogP contribution is 2.63. The number of hydrogen-bond acceptors (Lipinski definition) is 3. The summed E-state index contributed by atoms with van der Waals surface area (Å²) >= 11 is 0. The lowest BCUT2D eigenvalue weighted by atomic mass is 9.87. The van der Waals surface area contributed by atoms with Gasteiger partial charge in [-0.1, -0.05) is 51.1 Å². The van der Waals surface area contributed by atoms with Crippen molar-refractivity contribution >= 4 is 7.60 Å². The van der Waals surface area contributed by atoms with Gasteiger partial charge in [0.05, 0.1) is 0 Å². The predicted molar refractivity (Wildman–Crippen MR) is 87.2 cm³/mol. The Bertz CT molecular complexity index is 659.